The molecule has 2 rings (SSSR count). The van der Waals surface area contributed by atoms with Crippen LogP contribution in [-0.2, 0) is 22.4 Å². The smallest absolute Gasteiger partial charge is 0.308 e. The molecule has 0 saturated heterocycles. The Morgan fingerprint density at radius 1 is 0.741 bits per heavy atom. The maximum absolute atomic E-state index is 10.7. The van der Waals surface area contributed by atoms with Gasteiger partial charge in [0.1, 0.15) is 11.5 Å². The molecule has 0 radical (unpaired) electrons. The van der Waals surface area contributed by atoms with Crippen molar-refractivity contribution < 1.29 is 19.1 Å². The van der Waals surface area contributed by atoms with Gasteiger partial charge in [0.2, 0.25) is 0 Å². The third kappa shape index (κ3) is 10.2. The molecule has 0 heterocycles. The Morgan fingerprint density at radius 3 is 1.56 bits per heavy atom. The van der Waals surface area contributed by atoms with Crippen LogP contribution >= 0.6 is 0 Å². The number of hydrogen-bond donors (Lipinski definition) is 0. The molecule has 0 aliphatic carbocycles. The van der Waals surface area contributed by atoms with Crippen LogP contribution in [0.5, 0.6) is 11.5 Å². The molecule has 0 saturated carbocycles. The third-order valence-corrected chi connectivity index (χ3v) is 3.35. The monoisotopic (exact) mass is 372 g/mol. The zero-order chi connectivity index (χ0) is 20.7. The lowest BCUT2D eigenvalue weighted by Gasteiger charge is -2.06. The second kappa shape index (κ2) is 14.5. The van der Waals surface area contributed by atoms with E-state index in [2.05, 4.69) is 6.92 Å². The molecular formula is C23H32O4. The van der Waals surface area contributed by atoms with Crippen molar-refractivity contribution in [1.82, 2.24) is 0 Å². The highest BCUT2D eigenvalue weighted by Gasteiger charge is 2.03. The number of carbonyl (C=O) groups excluding carboxylic acids is 2. The van der Waals surface area contributed by atoms with Crippen LogP contribution in [0.3, 0.4) is 0 Å². The third-order valence-electron chi connectivity index (χ3n) is 3.35. The van der Waals surface area contributed by atoms with E-state index in [-0.39, 0.29) is 11.9 Å². The molecule has 148 valence electrons. The number of benzene rings is 2. The molecule has 0 aliphatic heterocycles. The van der Waals surface area contributed by atoms with Gasteiger partial charge in [0.05, 0.1) is 0 Å². The topological polar surface area (TPSA) is 52.6 Å². The number of hydrogen-bond acceptors (Lipinski definition) is 4. The summed E-state index contributed by atoms with van der Waals surface area (Å²) in [6.07, 6.45) is 2.88. The summed E-state index contributed by atoms with van der Waals surface area (Å²) in [5, 5.41) is 0. The van der Waals surface area contributed by atoms with Crippen LogP contribution in [0.1, 0.15) is 59.1 Å². The molecule has 27 heavy (non-hydrogen) atoms. The maximum Gasteiger partial charge on any atom is 0.308 e. The molecule has 4 nitrogen and oxygen atoms in total. The Balaban J connectivity index is 0.000000460. The van der Waals surface area contributed by atoms with Gasteiger partial charge in [-0.2, -0.15) is 0 Å². The molecule has 0 unspecified atom stereocenters. The molecule has 4 heteroatoms. The van der Waals surface area contributed by atoms with E-state index in [1.165, 1.54) is 13.8 Å². The molecule has 0 aromatic heterocycles. The van der Waals surface area contributed by atoms with E-state index in [0.717, 1.165) is 30.4 Å². The lowest BCUT2D eigenvalue weighted by Crippen LogP contribution is -2.03. The zero-order valence-electron chi connectivity index (χ0n) is 17.4. The van der Waals surface area contributed by atoms with Gasteiger partial charge in [-0.15, -0.1) is 0 Å². The number of ether oxygens (including phenoxy) is 2. The normalized spacial score (nSPS) is 9.11. The highest BCUT2D eigenvalue weighted by molar-refractivity contribution is 5.70. The highest BCUT2D eigenvalue weighted by atomic mass is 16.5. The van der Waals surface area contributed by atoms with Crippen molar-refractivity contribution in [2.75, 3.05) is 0 Å². The fourth-order valence-corrected chi connectivity index (χ4v) is 2.28. The van der Waals surface area contributed by atoms with Gasteiger partial charge in [-0.05, 0) is 36.1 Å². The maximum atomic E-state index is 10.7. The van der Waals surface area contributed by atoms with Gasteiger partial charge >= 0.3 is 11.9 Å². The van der Waals surface area contributed by atoms with Crippen molar-refractivity contribution in [3.63, 3.8) is 0 Å². The van der Waals surface area contributed by atoms with Gasteiger partial charge in [-0.3, -0.25) is 9.59 Å². The molecule has 0 spiro atoms. The van der Waals surface area contributed by atoms with E-state index in [4.69, 9.17) is 9.47 Å². The van der Waals surface area contributed by atoms with Gasteiger partial charge in [0.15, 0.2) is 0 Å². The number of para-hydroxylation sites is 2. The fraction of sp³-hybridized carbons (Fsp3) is 0.391. The summed E-state index contributed by atoms with van der Waals surface area (Å²) in [6.45, 7) is 11.0. The zero-order valence-corrected chi connectivity index (χ0v) is 17.4. The lowest BCUT2D eigenvalue weighted by atomic mass is 10.1. The van der Waals surface area contributed by atoms with Crippen LogP contribution in [0.4, 0.5) is 0 Å². The fourth-order valence-electron chi connectivity index (χ4n) is 2.28. The molecule has 2 aromatic carbocycles. The first-order valence-electron chi connectivity index (χ1n) is 9.50. The first-order valence-corrected chi connectivity index (χ1v) is 9.50. The lowest BCUT2D eigenvalue weighted by molar-refractivity contribution is -0.132. The summed E-state index contributed by atoms with van der Waals surface area (Å²) < 4.78 is 10.1. The largest absolute Gasteiger partial charge is 0.426 e. The summed E-state index contributed by atoms with van der Waals surface area (Å²) >= 11 is 0. The van der Waals surface area contributed by atoms with Crippen LogP contribution in [0, 0.1) is 0 Å². The summed E-state index contributed by atoms with van der Waals surface area (Å²) in [4.78, 5) is 21.4. The first-order chi connectivity index (χ1) is 13.0. The second-order valence-corrected chi connectivity index (χ2v) is 5.51. The van der Waals surface area contributed by atoms with Crippen molar-refractivity contribution in [3.8, 4) is 11.5 Å². The van der Waals surface area contributed by atoms with Crippen molar-refractivity contribution in [2.24, 2.45) is 0 Å². The number of carbonyl (C=O) groups is 2. The minimum Gasteiger partial charge on any atom is -0.426 e. The summed E-state index contributed by atoms with van der Waals surface area (Å²) in [5.74, 6) is 0.837. The number of rotatable bonds is 5. The molecule has 0 atom stereocenters. The van der Waals surface area contributed by atoms with Gasteiger partial charge < -0.3 is 9.47 Å². The van der Waals surface area contributed by atoms with Gasteiger partial charge in [-0.1, -0.05) is 70.5 Å². The van der Waals surface area contributed by atoms with Crippen LogP contribution in [0.15, 0.2) is 48.5 Å². The Kier molecular flexibility index (Phi) is 13.1. The molecular weight excluding hydrogens is 340 g/mol. The summed E-state index contributed by atoms with van der Waals surface area (Å²) in [7, 11) is 0. The molecule has 0 amide bonds. The van der Waals surface area contributed by atoms with Gasteiger partial charge in [0, 0.05) is 13.8 Å². The number of esters is 2. The van der Waals surface area contributed by atoms with Crippen LogP contribution < -0.4 is 9.47 Å². The molecule has 0 N–H and O–H groups in total. The quantitative estimate of drug-likeness (QED) is 0.494. The minimum atomic E-state index is -0.268. The van der Waals surface area contributed by atoms with E-state index in [9.17, 15) is 9.59 Å². The van der Waals surface area contributed by atoms with Crippen LogP contribution in [0.2, 0.25) is 0 Å². The van der Waals surface area contributed by atoms with E-state index in [1.807, 2.05) is 63.2 Å². The SMILES string of the molecule is CC.CCCc1ccccc1OC(C)=O.CCc1ccccc1OC(C)=O. The second-order valence-electron chi connectivity index (χ2n) is 5.51. The van der Waals surface area contributed by atoms with Crippen molar-refractivity contribution in [1.29, 1.82) is 0 Å². The summed E-state index contributed by atoms with van der Waals surface area (Å²) in [6, 6.07) is 15.2. The Bertz CT molecular complexity index is 692. The van der Waals surface area contributed by atoms with Crippen molar-refractivity contribution in [3.05, 3.63) is 59.7 Å². The average molecular weight is 373 g/mol. The molecule has 0 bridgehead atoms. The number of aryl methyl sites for hydroxylation is 2. The van der Waals surface area contributed by atoms with E-state index >= 15 is 0 Å². The van der Waals surface area contributed by atoms with Gasteiger partial charge in [0.25, 0.3) is 0 Å². The van der Waals surface area contributed by atoms with Crippen LogP contribution in [0.25, 0.3) is 0 Å². The standard InChI is InChI=1S/C11H14O2.C10H12O2.C2H6/c1-3-6-10-7-4-5-8-11(10)13-9(2)12;1-3-9-6-4-5-7-10(9)12-8(2)11;1-2/h4-5,7-8H,3,6H2,1-2H3;4-7H,3H2,1-2H3;1-2H3. The Hall–Kier alpha value is -2.62. The predicted octanol–water partition coefficient (Wildman–Crippen LogP) is 5.76. The van der Waals surface area contributed by atoms with E-state index in [1.54, 1.807) is 6.07 Å². The molecule has 0 aliphatic rings. The average Bonchev–Trinajstić information content (AvgIpc) is 2.65. The Morgan fingerprint density at radius 2 is 1.15 bits per heavy atom. The first kappa shape index (κ1) is 24.4. The van der Waals surface area contributed by atoms with E-state index in [0.29, 0.717) is 11.5 Å². The minimum absolute atomic E-state index is 0.261. The van der Waals surface area contributed by atoms with E-state index < -0.39 is 0 Å². The van der Waals surface area contributed by atoms with Crippen molar-refractivity contribution >= 4 is 11.9 Å². The highest BCUT2D eigenvalue weighted by Crippen LogP contribution is 2.19. The van der Waals surface area contributed by atoms with Crippen LogP contribution in [-0.4, -0.2) is 11.9 Å². The van der Waals surface area contributed by atoms with Crippen molar-refractivity contribution in [2.45, 2.75) is 60.8 Å². The van der Waals surface area contributed by atoms with Gasteiger partial charge in [-0.25, -0.2) is 0 Å². The predicted molar refractivity (Wildman–Crippen MR) is 110 cm³/mol. The Labute approximate surface area is 163 Å². The summed E-state index contributed by atoms with van der Waals surface area (Å²) in [5.41, 5.74) is 2.16. The molecule has 2 aromatic rings. The molecule has 0 fully saturated rings.